The second kappa shape index (κ2) is 7.36. The first-order valence-corrected chi connectivity index (χ1v) is 9.88. The summed E-state index contributed by atoms with van der Waals surface area (Å²) in [5.41, 5.74) is -0.602. The Bertz CT molecular complexity index is 911. The van der Waals surface area contributed by atoms with Gasteiger partial charge in [-0.1, -0.05) is 6.92 Å². The summed E-state index contributed by atoms with van der Waals surface area (Å²) in [6.07, 6.45) is 4.14. The van der Waals surface area contributed by atoms with E-state index in [0.717, 1.165) is 44.0 Å². The van der Waals surface area contributed by atoms with Crippen LogP contribution in [0.4, 0.5) is 13.2 Å². The van der Waals surface area contributed by atoms with Gasteiger partial charge in [0.05, 0.1) is 11.1 Å². The lowest BCUT2D eigenvalue weighted by atomic mass is 9.88. The van der Waals surface area contributed by atoms with Crippen molar-refractivity contribution in [2.24, 2.45) is 5.92 Å². The Hall–Kier alpha value is -1.93. The smallest absolute Gasteiger partial charge is 0.240 e. The molecule has 2 aromatic rings. The van der Waals surface area contributed by atoms with Crippen LogP contribution in [-0.4, -0.2) is 19.4 Å². The summed E-state index contributed by atoms with van der Waals surface area (Å²) in [6, 6.07) is 3.58. The van der Waals surface area contributed by atoms with Gasteiger partial charge in [0.25, 0.3) is 0 Å². The van der Waals surface area contributed by atoms with E-state index in [4.69, 9.17) is 0 Å². The Morgan fingerprint density at radius 2 is 1.73 bits per heavy atom. The van der Waals surface area contributed by atoms with Crippen LogP contribution < -0.4 is 4.72 Å². The molecule has 4 nitrogen and oxygen atoms in total. The summed E-state index contributed by atoms with van der Waals surface area (Å²) in [5.74, 6) is -2.26. The third-order valence-electron chi connectivity index (χ3n) is 4.65. The summed E-state index contributed by atoms with van der Waals surface area (Å²) < 4.78 is 68.7. The second-order valence-corrected chi connectivity index (χ2v) is 8.42. The molecule has 0 spiro atoms. The highest BCUT2D eigenvalue weighted by atomic mass is 32.2. The van der Waals surface area contributed by atoms with E-state index in [1.165, 1.54) is 6.07 Å². The first kappa shape index (κ1) is 18.8. The fourth-order valence-corrected chi connectivity index (χ4v) is 4.45. The molecule has 1 aliphatic rings. The molecule has 3 rings (SSSR count). The van der Waals surface area contributed by atoms with Crippen molar-refractivity contribution in [3.05, 3.63) is 47.9 Å². The van der Waals surface area contributed by atoms with Gasteiger partial charge in [-0.25, -0.2) is 26.3 Å². The normalized spacial score (nSPS) is 20.9. The van der Waals surface area contributed by atoms with E-state index in [9.17, 15) is 21.6 Å². The van der Waals surface area contributed by atoms with Gasteiger partial charge < -0.3 is 0 Å². The van der Waals surface area contributed by atoms with Crippen molar-refractivity contribution in [3.8, 4) is 11.3 Å². The van der Waals surface area contributed by atoms with Gasteiger partial charge in [-0.05, 0) is 49.8 Å². The van der Waals surface area contributed by atoms with Crippen molar-refractivity contribution in [2.45, 2.75) is 43.5 Å². The summed E-state index contributed by atoms with van der Waals surface area (Å²) in [4.78, 5) is 3.31. The third kappa shape index (κ3) is 4.07. The first-order chi connectivity index (χ1) is 12.3. The molecular weight excluding hydrogens is 365 g/mol. The predicted octanol–water partition coefficient (Wildman–Crippen LogP) is 4.02. The van der Waals surface area contributed by atoms with E-state index in [-0.39, 0.29) is 22.2 Å². The molecule has 140 valence electrons. The maximum absolute atomic E-state index is 14.4. The highest BCUT2D eigenvalue weighted by molar-refractivity contribution is 7.89. The number of aromatic nitrogens is 1. The van der Waals surface area contributed by atoms with Crippen molar-refractivity contribution in [1.29, 1.82) is 0 Å². The average molecular weight is 384 g/mol. The van der Waals surface area contributed by atoms with E-state index in [1.807, 2.05) is 0 Å². The van der Waals surface area contributed by atoms with Crippen LogP contribution in [0.2, 0.25) is 0 Å². The SMILES string of the molecule is C[C@H]1CC[C@@H](NS(=O)(=O)c2ccc(-c3ncc(F)cc3F)c(F)c2)CC1. The zero-order chi connectivity index (χ0) is 18.9. The Morgan fingerprint density at radius 1 is 1.04 bits per heavy atom. The van der Waals surface area contributed by atoms with Crippen molar-refractivity contribution >= 4 is 10.0 Å². The Morgan fingerprint density at radius 3 is 2.35 bits per heavy atom. The van der Waals surface area contributed by atoms with Crippen LogP contribution in [0.25, 0.3) is 11.3 Å². The Labute approximate surface area is 150 Å². The van der Waals surface area contributed by atoms with Crippen molar-refractivity contribution in [2.75, 3.05) is 0 Å². The monoisotopic (exact) mass is 384 g/mol. The summed E-state index contributed by atoms with van der Waals surface area (Å²) in [5, 5.41) is 0. The van der Waals surface area contributed by atoms with Gasteiger partial charge in [0.15, 0.2) is 5.82 Å². The van der Waals surface area contributed by atoms with Crippen molar-refractivity contribution in [3.63, 3.8) is 0 Å². The molecule has 1 aromatic heterocycles. The highest BCUT2D eigenvalue weighted by Gasteiger charge is 2.25. The number of nitrogens with one attached hydrogen (secondary N) is 1. The zero-order valence-corrected chi connectivity index (χ0v) is 15.0. The molecule has 0 aliphatic heterocycles. The van der Waals surface area contributed by atoms with Crippen LogP contribution in [0.5, 0.6) is 0 Å². The largest absolute Gasteiger partial charge is 0.250 e. The number of hydrogen-bond donors (Lipinski definition) is 1. The third-order valence-corrected chi connectivity index (χ3v) is 6.17. The number of rotatable bonds is 4. The van der Waals surface area contributed by atoms with Gasteiger partial charge in [-0.3, -0.25) is 4.98 Å². The minimum absolute atomic E-state index is 0.171. The van der Waals surface area contributed by atoms with Crippen LogP contribution in [0.1, 0.15) is 32.6 Å². The fraction of sp³-hybridized carbons (Fsp3) is 0.389. The molecule has 0 radical (unpaired) electrons. The lowest BCUT2D eigenvalue weighted by Crippen LogP contribution is -2.37. The van der Waals surface area contributed by atoms with E-state index < -0.39 is 27.5 Å². The minimum Gasteiger partial charge on any atom is -0.250 e. The quantitative estimate of drug-likeness (QED) is 0.866. The van der Waals surface area contributed by atoms with E-state index >= 15 is 0 Å². The molecule has 1 aromatic carbocycles. The van der Waals surface area contributed by atoms with Gasteiger partial charge >= 0.3 is 0 Å². The summed E-state index contributed by atoms with van der Waals surface area (Å²) in [7, 11) is -3.88. The van der Waals surface area contributed by atoms with Crippen LogP contribution in [0, 0.1) is 23.4 Å². The molecule has 1 heterocycles. The van der Waals surface area contributed by atoms with Crippen LogP contribution in [-0.2, 0) is 10.0 Å². The minimum atomic E-state index is -3.88. The standard InChI is InChI=1S/C18H19F3N2O2S/c1-11-2-4-13(5-3-11)23-26(24,25)14-6-7-15(16(20)9-14)18-17(21)8-12(19)10-22-18/h6-11,13,23H,2-5H2,1H3/t11-,13+. The van der Waals surface area contributed by atoms with Crippen LogP contribution in [0.15, 0.2) is 35.4 Å². The van der Waals surface area contributed by atoms with Crippen LogP contribution in [0.3, 0.4) is 0 Å². The summed E-state index contributed by atoms with van der Waals surface area (Å²) in [6.45, 7) is 2.13. The maximum Gasteiger partial charge on any atom is 0.240 e. The Kier molecular flexibility index (Phi) is 5.34. The molecule has 0 saturated heterocycles. The first-order valence-electron chi connectivity index (χ1n) is 8.39. The molecule has 26 heavy (non-hydrogen) atoms. The molecule has 0 bridgehead atoms. The molecule has 0 amide bonds. The average Bonchev–Trinajstić information content (AvgIpc) is 2.57. The number of hydrogen-bond acceptors (Lipinski definition) is 3. The van der Waals surface area contributed by atoms with Crippen molar-refractivity contribution < 1.29 is 21.6 Å². The van der Waals surface area contributed by atoms with Gasteiger partial charge in [-0.15, -0.1) is 0 Å². The topological polar surface area (TPSA) is 59.1 Å². The van der Waals surface area contributed by atoms with Gasteiger partial charge in [-0.2, -0.15) is 0 Å². The Balaban J connectivity index is 1.84. The fourth-order valence-electron chi connectivity index (χ4n) is 3.13. The molecule has 0 atom stereocenters. The van der Waals surface area contributed by atoms with Gasteiger partial charge in [0.2, 0.25) is 10.0 Å². The lowest BCUT2D eigenvalue weighted by molar-refractivity contribution is 0.332. The lowest BCUT2D eigenvalue weighted by Gasteiger charge is -2.26. The number of nitrogens with zero attached hydrogens (tertiary/aromatic N) is 1. The molecule has 1 aliphatic carbocycles. The number of benzene rings is 1. The number of halogens is 3. The molecule has 0 unspecified atom stereocenters. The molecule has 1 fully saturated rings. The zero-order valence-electron chi connectivity index (χ0n) is 14.2. The molecule has 1 saturated carbocycles. The molecular formula is C18H19F3N2O2S. The van der Waals surface area contributed by atoms with Crippen molar-refractivity contribution in [1.82, 2.24) is 9.71 Å². The van der Waals surface area contributed by atoms with Crippen LogP contribution >= 0.6 is 0 Å². The number of sulfonamides is 1. The van der Waals surface area contributed by atoms with E-state index in [2.05, 4.69) is 16.6 Å². The molecule has 8 heteroatoms. The van der Waals surface area contributed by atoms with Gasteiger partial charge in [0, 0.05) is 17.7 Å². The maximum atomic E-state index is 14.4. The highest BCUT2D eigenvalue weighted by Crippen LogP contribution is 2.28. The molecule has 1 N–H and O–H groups in total. The summed E-state index contributed by atoms with van der Waals surface area (Å²) >= 11 is 0. The van der Waals surface area contributed by atoms with Gasteiger partial charge in [0.1, 0.15) is 17.3 Å². The number of pyridine rings is 1. The predicted molar refractivity (Wildman–Crippen MR) is 91.3 cm³/mol. The second-order valence-electron chi connectivity index (χ2n) is 6.70. The van der Waals surface area contributed by atoms with E-state index in [1.54, 1.807) is 0 Å². The van der Waals surface area contributed by atoms with E-state index in [0.29, 0.717) is 12.0 Å².